The summed E-state index contributed by atoms with van der Waals surface area (Å²) in [6.07, 6.45) is 1.11. The fourth-order valence-corrected chi connectivity index (χ4v) is 5.97. The van der Waals surface area contributed by atoms with E-state index in [1.807, 2.05) is 60.7 Å². The molecule has 1 aliphatic heterocycles. The van der Waals surface area contributed by atoms with Gasteiger partial charge < -0.3 is 25.4 Å². The van der Waals surface area contributed by atoms with Crippen LogP contribution in [0.15, 0.2) is 78.0 Å². The Morgan fingerprint density at radius 2 is 1.61 bits per heavy atom. The monoisotopic (exact) mass is 511 g/mol. The molecule has 0 aromatic heterocycles. The predicted molar refractivity (Wildman–Crippen MR) is 154 cm³/mol. The molecule has 5 rings (SSSR count). The molecule has 198 valence electrons. The lowest BCUT2D eigenvalue weighted by Gasteiger charge is -2.34. The lowest BCUT2D eigenvalue weighted by atomic mass is 9.78. The number of ketones is 1. The van der Waals surface area contributed by atoms with E-state index >= 15 is 0 Å². The van der Waals surface area contributed by atoms with Crippen molar-refractivity contribution in [1.29, 1.82) is 0 Å². The Balaban J connectivity index is 1.57. The number of carbonyl (C=O) groups excluding carboxylic acids is 1. The van der Waals surface area contributed by atoms with Gasteiger partial charge in [0.25, 0.3) is 0 Å². The quantitative estimate of drug-likeness (QED) is 0.331. The second kappa shape index (κ2) is 10.4. The van der Waals surface area contributed by atoms with Crippen molar-refractivity contribution < 1.29 is 14.6 Å². The molecule has 0 amide bonds. The maximum atomic E-state index is 13.8. The number of rotatable bonds is 6. The van der Waals surface area contributed by atoms with Crippen LogP contribution in [0, 0.1) is 0 Å². The third-order valence-electron chi connectivity index (χ3n) is 7.63. The van der Waals surface area contributed by atoms with Crippen LogP contribution >= 0.6 is 0 Å². The number of aromatic hydroxyl groups is 1. The molecule has 3 aromatic rings. The van der Waals surface area contributed by atoms with Gasteiger partial charge in [-0.15, -0.1) is 0 Å². The third-order valence-corrected chi connectivity index (χ3v) is 7.63. The number of allylic oxidation sites excluding steroid dienone is 1. The van der Waals surface area contributed by atoms with Gasteiger partial charge in [-0.05, 0) is 75.9 Å². The molecule has 6 nitrogen and oxygen atoms in total. The first-order chi connectivity index (χ1) is 18.3. The van der Waals surface area contributed by atoms with E-state index in [0.717, 1.165) is 34.1 Å². The molecule has 0 spiro atoms. The topological polar surface area (TPSA) is 73.8 Å². The molecule has 2 atom stereocenters. The highest BCUT2D eigenvalue weighted by Crippen LogP contribution is 2.46. The molecular formula is C32H37N3O3. The minimum absolute atomic E-state index is 0.0622. The zero-order valence-corrected chi connectivity index (χ0v) is 22.8. The molecule has 0 radical (unpaired) electrons. The Labute approximate surface area is 225 Å². The molecule has 0 saturated carbocycles. The van der Waals surface area contributed by atoms with Gasteiger partial charge in [0.2, 0.25) is 0 Å². The molecule has 6 heteroatoms. The smallest absolute Gasteiger partial charge is 0.163 e. The predicted octanol–water partition coefficient (Wildman–Crippen LogP) is 7.00. The van der Waals surface area contributed by atoms with E-state index in [4.69, 9.17) is 4.74 Å². The van der Waals surface area contributed by atoms with Crippen LogP contribution in [0.2, 0.25) is 0 Å². The van der Waals surface area contributed by atoms with Crippen molar-refractivity contribution in [2.24, 2.45) is 0 Å². The average Bonchev–Trinajstić information content (AvgIpc) is 3.05. The molecule has 3 aromatic carbocycles. The summed E-state index contributed by atoms with van der Waals surface area (Å²) >= 11 is 0. The van der Waals surface area contributed by atoms with Crippen molar-refractivity contribution >= 4 is 22.8 Å². The largest absolute Gasteiger partial charge is 0.507 e. The fourth-order valence-electron chi connectivity index (χ4n) is 5.97. The standard InChI is InChI=1S/C32H37N3O3/c1-19(2)35(20(3)4)23-12-15-25(29(36)18-23)32-31-28(33-26-8-6-7-9-27(26)34-32)16-22(17-30(31)37)21-10-13-24(38-5)14-11-21/h6-15,18-20,22,32-34,36H,16-17H2,1-5H3. The molecule has 2 aliphatic rings. The van der Waals surface area contributed by atoms with Crippen LogP contribution < -0.4 is 20.3 Å². The number of para-hydroxylation sites is 2. The van der Waals surface area contributed by atoms with Gasteiger partial charge in [0.1, 0.15) is 11.5 Å². The van der Waals surface area contributed by atoms with Crippen molar-refractivity contribution in [3.05, 3.63) is 89.1 Å². The normalized spacial score (nSPS) is 18.9. The van der Waals surface area contributed by atoms with Crippen LogP contribution in [0.3, 0.4) is 0 Å². The molecule has 3 N–H and O–H groups in total. The second-order valence-electron chi connectivity index (χ2n) is 10.8. The number of hydrogen-bond donors (Lipinski definition) is 3. The number of benzene rings is 3. The Hall–Kier alpha value is -3.93. The number of nitrogens with one attached hydrogen (secondary N) is 2. The second-order valence-corrected chi connectivity index (χ2v) is 10.8. The number of hydrogen-bond acceptors (Lipinski definition) is 6. The molecule has 0 saturated heterocycles. The summed E-state index contributed by atoms with van der Waals surface area (Å²) in [5.41, 5.74) is 6.19. The molecule has 1 heterocycles. The van der Waals surface area contributed by atoms with E-state index in [-0.39, 0.29) is 29.5 Å². The number of phenolic OH excluding ortho intramolecular Hbond substituents is 1. The van der Waals surface area contributed by atoms with Gasteiger partial charge in [0.15, 0.2) is 5.78 Å². The fraction of sp³-hybridized carbons (Fsp3) is 0.344. The first-order valence-electron chi connectivity index (χ1n) is 13.4. The number of phenols is 1. The summed E-state index contributed by atoms with van der Waals surface area (Å²) in [6.45, 7) is 8.60. The lowest BCUT2D eigenvalue weighted by molar-refractivity contribution is -0.116. The Morgan fingerprint density at radius 1 is 0.921 bits per heavy atom. The molecule has 2 unspecified atom stereocenters. The molecule has 1 aliphatic carbocycles. The number of fused-ring (bicyclic) bond motifs is 1. The third kappa shape index (κ3) is 4.83. The number of Topliss-reactive ketones (excluding diaryl/α,β-unsaturated/α-hetero) is 1. The maximum absolute atomic E-state index is 13.8. The highest BCUT2D eigenvalue weighted by Gasteiger charge is 2.37. The summed E-state index contributed by atoms with van der Waals surface area (Å²) in [6, 6.07) is 21.9. The van der Waals surface area contributed by atoms with E-state index in [1.54, 1.807) is 7.11 Å². The Kier molecular flexibility index (Phi) is 7.06. The van der Waals surface area contributed by atoms with Crippen molar-refractivity contribution in [1.82, 2.24) is 0 Å². The molecule has 0 fully saturated rings. The van der Waals surface area contributed by atoms with Gasteiger partial charge in [-0.3, -0.25) is 4.79 Å². The van der Waals surface area contributed by atoms with Gasteiger partial charge in [0.05, 0.1) is 24.5 Å². The zero-order chi connectivity index (χ0) is 27.0. The zero-order valence-electron chi connectivity index (χ0n) is 22.8. The number of methoxy groups -OCH3 is 1. The molecule has 38 heavy (non-hydrogen) atoms. The molecule has 0 bridgehead atoms. The number of nitrogens with zero attached hydrogens (tertiary/aromatic N) is 1. The first kappa shape index (κ1) is 25.7. The van der Waals surface area contributed by atoms with Gasteiger partial charge in [-0.1, -0.05) is 30.3 Å². The van der Waals surface area contributed by atoms with Crippen molar-refractivity contribution in [2.75, 3.05) is 22.6 Å². The van der Waals surface area contributed by atoms with E-state index in [9.17, 15) is 9.90 Å². The van der Waals surface area contributed by atoms with E-state index in [0.29, 0.717) is 24.0 Å². The van der Waals surface area contributed by atoms with Gasteiger partial charge in [-0.25, -0.2) is 0 Å². The minimum Gasteiger partial charge on any atom is -0.507 e. The Morgan fingerprint density at radius 3 is 2.24 bits per heavy atom. The number of carbonyl (C=O) groups is 1. The van der Waals surface area contributed by atoms with Gasteiger partial charge in [0, 0.05) is 47.1 Å². The maximum Gasteiger partial charge on any atom is 0.163 e. The van der Waals surface area contributed by atoms with Crippen molar-refractivity contribution in [2.45, 2.75) is 64.6 Å². The minimum atomic E-state index is -0.467. The van der Waals surface area contributed by atoms with Crippen LogP contribution in [0.25, 0.3) is 0 Å². The Bertz CT molecular complexity index is 1350. The molecular weight excluding hydrogens is 474 g/mol. The van der Waals surface area contributed by atoms with Gasteiger partial charge >= 0.3 is 0 Å². The van der Waals surface area contributed by atoms with Crippen molar-refractivity contribution in [3.8, 4) is 11.5 Å². The van der Waals surface area contributed by atoms with Crippen LogP contribution in [-0.2, 0) is 4.79 Å². The summed E-state index contributed by atoms with van der Waals surface area (Å²) in [5, 5.41) is 18.5. The summed E-state index contributed by atoms with van der Waals surface area (Å²) in [7, 11) is 1.65. The summed E-state index contributed by atoms with van der Waals surface area (Å²) in [4.78, 5) is 16.1. The highest BCUT2D eigenvalue weighted by atomic mass is 16.5. The van der Waals surface area contributed by atoms with E-state index < -0.39 is 6.04 Å². The number of ether oxygens (including phenoxy) is 1. The average molecular weight is 512 g/mol. The van der Waals surface area contributed by atoms with Crippen LogP contribution in [0.4, 0.5) is 17.1 Å². The number of anilines is 3. The SMILES string of the molecule is COc1ccc(C2CC(=O)C3=C(C2)Nc2ccccc2NC3c2ccc(N(C(C)C)C(C)C)cc2O)cc1. The summed E-state index contributed by atoms with van der Waals surface area (Å²) < 4.78 is 5.32. The summed E-state index contributed by atoms with van der Waals surface area (Å²) in [5.74, 6) is 1.13. The van der Waals surface area contributed by atoms with E-state index in [1.165, 1.54) is 0 Å². The lowest BCUT2D eigenvalue weighted by Crippen LogP contribution is -2.37. The first-order valence-corrected chi connectivity index (χ1v) is 13.4. The van der Waals surface area contributed by atoms with Crippen LogP contribution in [0.5, 0.6) is 11.5 Å². The highest BCUT2D eigenvalue weighted by molar-refractivity contribution is 6.01. The van der Waals surface area contributed by atoms with Gasteiger partial charge in [-0.2, -0.15) is 0 Å². The van der Waals surface area contributed by atoms with E-state index in [2.05, 4.69) is 49.3 Å². The van der Waals surface area contributed by atoms with Crippen LogP contribution in [0.1, 0.15) is 63.6 Å². The van der Waals surface area contributed by atoms with Crippen molar-refractivity contribution in [3.63, 3.8) is 0 Å². The van der Waals surface area contributed by atoms with Crippen LogP contribution in [-0.4, -0.2) is 30.1 Å².